The number of rotatable bonds is 7. The quantitative estimate of drug-likeness (QED) is 0.182. The van der Waals surface area contributed by atoms with Gasteiger partial charge in [-0.15, -0.1) is 0 Å². The zero-order chi connectivity index (χ0) is 32.5. The number of nitrogens with one attached hydrogen (secondary N) is 1. The highest BCUT2D eigenvalue weighted by Gasteiger charge is 2.51. The molecule has 0 unspecified atom stereocenters. The van der Waals surface area contributed by atoms with E-state index in [1.54, 1.807) is 24.5 Å². The van der Waals surface area contributed by atoms with Crippen molar-refractivity contribution in [1.82, 2.24) is 14.5 Å². The first kappa shape index (κ1) is 32.1. The number of pyridine rings is 3. The molecule has 6 rings (SSSR count). The van der Waals surface area contributed by atoms with Crippen LogP contribution in [0.2, 0.25) is 15.1 Å². The Hall–Kier alpha value is -3.82. The Kier molecular flexibility index (Phi) is 9.16. The fourth-order valence-corrected chi connectivity index (χ4v) is 11.9. The molecule has 3 aromatic heterocycles. The molecule has 1 N–H and O–H groups in total. The minimum absolute atomic E-state index is 0.00451. The van der Waals surface area contributed by atoms with E-state index in [4.69, 9.17) is 27.6 Å². The number of anilines is 1. The van der Waals surface area contributed by atoms with Gasteiger partial charge in [0.1, 0.15) is 11.2 Å². The lowest BCUT2D eigenvalue weighted by molar-refractivity contribution is 0.102. The second-order valence-electron chi connectivity index (χ2n) is 12.8. The average molecular weight is 672 g/mol. The van der Waals surface area contributed by atoms with Gasteiger partial charge in [0.2, 0.25) is 5.43 Å². The van der Waals surface area contributed by atoms with Crippen LogP contribution in [-0.2, 0) is 4.43 Å². The van der Waals surface area contributed by atoms with E-state index in [9.17, 15) is 9.59 Å². The summed E-state index contributed by atoms with van der Waals surface area (Å²) in [6, 6.07) is 24.8. The van der Waals surface area contributed by atoms with Gasteiger partial charge in [0.25, 0.3) is 14.2 Å². The summed E-state index contributed by atoms with van der Waals surface area (Å²) in [5.74, 6) is -0.594. The zero-order valence-electron chi connectivity index (χ0n) is 26.0. The van der Waals surface area contributed by atoms with E-state index in [2.05, 4.69) is 96.7 Å². The van der Waals surface area contributed by atoms with Crippen molar-refractivity contribution in [2.45, 2.75) is 63.6 Å². The largest absolute Gasteiger partial charge is 0.404 e. The predicted octanol–water partition coefficient (Wildman–Crippen LogP) is 7.41. The van der Waals surface area contributed by atoms with Crippen LogP contribution in [0.4, 0.5) is 5.69 Å². The van der Waals surface area contributed by atoms with Crippen LogP contribution < -0.4 is 21.1 Å². The maximum Gasteiger partial charge on any atom is 0.261 e. The first-order valence-corrected chi connectivity index (χ1v) is 18.2. The monoisotopic (exact) mass is 670 g/mol. The Bertz CT molecular complexity index is 1860. The Morgan fingerprint density at radius 1 is 0.891 bits per heavy atom. The molecular formula is C36H36Cl2N4O3Si. The van der Waals surface area contributed by atoms with Gasteiger partial charge < -0.3 is 14.3 Å². The molecule has 1 aliphatic rings. The molecule has 5 aromatic rings. The maximum absolute atomic E-state index is 13.5. The third kappa shape index (κ3) is 6.02. The molecule has 2 aromatic carbocycles. The molecule has 0 spiro atoms. The maximum atomic E-state index is 13.5. The van der Waals surface area contributed by atoms with Crippen molar-refractivity contribution in [3.05, 3.63) is 123 Å². The van der Waals surface area contributed by atoms with E-state index in [0.717, 1.165) is 25.7 Å². The highest BCUT2D eigenvalue weighted by molar-refractivity contribution is 6.99. The van der Waals surface area contributed by atoms with Crippen LogP contribution in [0.1, 0.15) is 62.9 Å². The number of hydrogen-bond acceptors (Lipinski definition) is 5. The lowest BCUT2D eigenvalue weighted by atomic mass is 9.92. The second-order valence-corrected chi connectivity index (χ2v) is 17.9. The summed E-state index contributed by atoms with van der Waals surface area (Å²) < 4.78 is 9.41. The molecule has 0 radical (unpaired) electrons. The van der Waals surface area contributed by atoms with E-state index in [-0.39, 0.29) is 38.5 Å². The number of halogens is 2. The van der Waals surface area contributed by atoms with Crippen LogP contribution in [0.5, 0.6) is 0 Å². The fourth-order valence-electron chi connectivity index (χ4n) is 6.72. The number of benzene rings is 2. The lowest BCUT2D eigenvalue weighted by Gasteiger charge is -2.46. The Labute approximate surface area is 279 Å². The minimum atomic E-state index is -2.70. The molecular weight excluding hydrogens is 635 g/mol. The molecule has 0 atom stereocenters. The summed E-state index contributed by atoms with van der Waals surface area (Å²) >= 11 is 12.5. The van der Waals surface area contributed by atoms with Crippen molar-refractivity contribution < 1.29 is 9.22 Å². The van der Waals surface area contributed by atoms with Crippen molar-refractivity contribution in [1.29, 1.82) is 0 Å². The smallest absolute Gasteiger partial charge is 0.261 e. The summed E-state index contributed by atoms with van der Waals surface area (Å²) in [6.45, 7) is 6.88. The highest BCUT2D eigenvalue weighted by atomic mass is 35.5. The molecule has 1 saturated carbocycles. The van der Waals surface area contributed by atoms with Crippen LogP contribution in [0, 0.1) is 0 Å². The summed E-state index contributed by atoms with van der Waals surface area (Å²) in [5, 5.41) is 5.87. The summed E-state index contributed by atoms with van der Waals surface area (Å²) in [7, 11) is -2.70. The van der Waals surface area contributed by atoms with E-state index in [1.165, 1.54) is 22.8 Å². The van der Waals surface area contributed by atoms with Crippen molar-refractivity contribution >= 4 is 64.5 Å². The Balaban J connectivity index is 1.31. The standard InChI is InChI=1S/C36H36Cl2N4O3Si/c1-36(2,3)46(26-11-6-4-7-12-26,27-13-8-5-9-14-27)45-25-18-16-24(17-19-25)42-23-29(33(43)28-15-10-20-40-34(28)42)35(44)41-32-30(37)21-39-22-31(32)38/h4-15,20-25H,16-19H2,1-3H3,(H,39,41,44)/t24-,25-. The number of nitrogens with zero attached hydrogens (tertiary/aromatic N) is 3. The molecule has 0 saturated heterocycles. The molecule has 236 valence electrons. The van der Waals surface area contributed by atoms with E-state index >= 15 is 0 Å². The van der Waals surface area contributed by atoms with E-state index < -0.39 is 19.7 Å². The number of amides is 1. The number of hydrogen-bond donors (Lipinski definition) is 1. The lowest BCUT2D eigenvalue weighted by Crippen LogP contribution is -2.67. The molecule has 1 fully saturated rings. The number of carbonyl (C=O) groups excluding carboxylic acids is 1. The van der Waals surface area contributed by atoms with Gasteiger partial charge in [-0.2, -0.15) is 0 Å². The fraction of sp³-hybridized carbons (Fsp3) is 0.278. The second kappa shape index (κ2) is 13.1. The van der Waals surface area contributed by atoms with Crippen LogP contribution >= 0.6 is 23.2 Å². The summed E-state index contributed by atoms with van der Waals surface area (Å²) in [5.41, 5.74) is 0.360. The molecule has 3 heterocycles. The SMILES string of the molecule is CC(C)(C)[Si](O[C@H]1CC[C@H](n2cc(C(=O)Nc3c(Cl)cncc3Cl)c(=O)c3cccnc32)CC1)(c1ccccc1)c1ccccc1. The topological polar surface area (TPSA) is 86.1 Å². The molecule has 46 heavy (non-hydrogen) atoms. The molecule has 1 aliphatic carbocycles. The van der Waals surface area contributed by atoms with Gasteiger partial charge >= 0.3 is 0 Å². The van der Waals surface area contributed by atoms with E-state index in [1.807, 2.05) is 4.57 Å². The summed E-state index contributed by atoms with van der Waals surface area (Å²) in [4.78, 5) is 35.5. The number of carbonyl (C=O) groups is 1. The highest BCUT2D eigenvalue weighted by Crippen LogP contribution is 2.41. The molecule has 0 aliphatic heterocycles. The number of fused-ring (bicyclic) bond motifs is 1. The molecule has 7 nitrogen and oxygen atoms in total. The van der Waals surface area contributed by atoms with Crippen LogP contribution in [0.15, 0.2) is 102 Å². The first-order valence-electron chi connectivity index (χ1n) is 15.5. The molecule has 1 amide bonds. The first-order chi connectivity index (χ1) is 22.1. The normalized spacial score (nSPS) is 17.2. The van der Waals surface area contributed by atoms with Crippen LogP contribution in [-0.4, -0.2) is 34.9 Å². The van der Waals surface area contributed by atoms with Crippen molar-refractivity contribution in [2.24, 2.45) is 0 Å². The van der Waals surface area contributed by atoms with Crippen LogP contribution in [0.25, 0.3) is 11.0 Å². The third-order valence-corrected chi connectivity index (χ3v) is 14.6. The minimum Gasteiger partial charge on any atom is -0.404 e. The summed E-state index contributed by atoms with van der Waals surface area (Å²) in [6.07, 6.45) is 9.41. The number of aromatic nitrogens is 3. The van der Waals surface area contributed by atoms with Gasteiger partial charge in [-0.05, 0) is 53.2 Å². The van der Waals surface area contributed by atoms with Crippen molar-refractivity contribution in [3.8, 4) is 0 Å². The van der Waals surface area contributed by atoms with Crippen molar-refractivity contribution in [3.63, 3.8) is 0 Å². The van der Waals surface area contributed by atoms with Gasteiger partial charge in [0.05, 0.1) is 21.1 Å². The zero-order valence-corrected chi connectivity index (χ0v) is 28.6. The van der Waals surface area contributed by atoms with Gasteiger partial charge in [-0.25, -0.2) is 4.98 Å². The molecule has 0 bridgehead atoms. The third-order valence-electron chi connectivity index (χ3n) is 8.92. The Morgan fingerprint density at radius 3 is 2.04 bits per heavy atom. The Morgan fingerprint density at radius 2 is 1.48 bits per heavy atom. The average Bonchev–Trinajstić information content (AvgIpc) is 3.06. The van der Waals surface area contributed by atoms with Gasteiger partial charge in [-0.1, -0.05) is 105 Å². The predicted molar refractivity (Wildman–Crippen MR) is 188 cm³/mol. The van der Waals surface area contributed by atoms with Crippen molar-refractivity contribution in [2.75, 3.05) is 5.32 Å². The van der Waals surface area contributed by atoms with Crippen LogP contribution in [0.3, 0.4) is 0 Å². The molecule has 10 heteroatoms. The van der Waals surface area contributed by atoms with E-state index in [0.29, 0.717) is 11.0 Å². The van der Waals surface area contributed by atoms with Gasteiger partial charge in [-0.3, -0.25) is 14.6 Å². The van der Waals surface area contributed by atoms with Gasteiger partial charge in [0.15, 0.2) is 0 Å². The van der Waals surface area contributed by atoms with Gasteiger partial charge in [0, 0.05) is 36.9 Å².